The third-order valence-corrected chi connectivity index (χ3v) is 5.70. The van der Waals surface area contributed by atoms with Crippen LogP contribution in [0.1, 0.15) is 22.7 Å². The fourth-order valence-electron chi connectivity index (χ4n) is 4.20. The lowest BCUT2D eigenvalue weighted by Crippen LogP contribution is -2.29. The molecule has 1 amide bonds. The van der Waals surface area contributed by atoms with E-state index in [0.717, 1.165) is 11.3 Å². The molecule has 0 spiro atoms. The van der Waals surface area contributed by atoms with E-state index in [1.807, 2.05) is 0 Å². The molecule has 6 nitrogen and oxygen atoms in total. The number of anilines is 1. The number of amides is 1. The summed E-state index contributed by atoms with van der Waals surface area (Å²) in [5.41, 5.74) is 1.90. The maximum absolute atomic E-state index is 13.5. The number of hydrogen-bond acceptors (Lipinski definition) is 5. The summed E-state index contributed by atoms with van der Waals surface area (Å²) < 4.78 is 19.0. The van der Waals surface area contributed by atoms with Crippen molar-refractivity contribution in [1.29, 1.82) is 0 Å². The van der Waals surface area contributed by atoms with Crippen LogP contribution in [0.15, 0.2) is 72.3 Å². The van der Waals surface area contributed by atoms with Gasteiger partial charge in [0, 0.05) is 17.7 Å². The van der Waals surface area contributed by atoms with E-state index in [0.29, 0.717) is 29.8 Å². The van der Waals surface area contributed by atoms with Crippen LogP contribution in [0, 0.1) is 5.82 Å². The Balaban J connectivity index is 1.71. The average molecular weight is 431 g/mol. The standard InChI is InChI=1S/C25H18FNO5/c26-17-5-7-18(8-6-17)27-22(15-2-1-3-19(28)13-15)21(24(30)25(27)31)23(29)16-4-9-20-14(12-16)10-11-32-20/h1-9,12-13,22,28-29H,10-11H2/b23-21-. The molecule has 0 bridgehead atoms. The number of halogens is 1. The van der Waals surface area contributed by atoms with E-state index in [1.54, 1.807) is 30.3 Å². The van der Waals surface area contributed by atoms with Crippen LogP contribution in [-0.2, 0) is 16.0 Å². The molecule has 0 radical (unpaired) electrons. The average Bonchev–Trinajstić information content (AvgIpc) is 3.36. The molecule has 3 aromatic rings. The smallest absolute Gasteiger partial charge is 0.300 e. The molecule has 0 aromatic heterocycles. The van der Waals surface area contributed by atoms with Crippen molar-refractivity contribution >= 4 is 23.1 Å². The van der Waals surface area contributed by atoms with Crippen LogP contribution in [0.25, 0.3) is 5.76 Å². The summed E-state index contributed by atoms with van der Waals surface area (Å²) >= 11 is 0. The zero-order valence-corrected chi connectivity index (χ0v) is 16.8. The van der Waals surface area contributed by atoms with Crippen LogP contribution >= 0.6 is 0 Å². The topological polar surface area (TPSA) is 87.1 Å². The van der Waals surface area contributed by atoms with Crippen molar-refractivity contribution in [3.05, 3.63) is 94.8 Å². The van der Waals surface area contributed by atoms with Crippen LogP contribution < -0.4 is 9.64 Å². The van der Waals surface area contributed by atoms with E-state index >= 15 is 0 Å². The fraction of sp³-hybridized carbons (Fsp3) is 0.120. The summed E-state index contributed by atoms with van der Waals surface area (Å²) in [7, 11) is 0. The number of nitrogens with zero attached hydrogens (tertiary/aromatic N) is 1. The van der Waals surface area contributed by atoms with Gasteiger partial charge in [0.2, 0.25) is 0 Å². The molecule has 2 aliphatic heterocycles. The summed E-state index contributed by atoms with van der Waals surface area (Å²) in [4.78, 5) is 27.4. The van der Waals surface area contributed by atoms with Crippen molar-refractivity contribution in [2.45, 2.75) is 12.5 Å². The van der Waals surface area contributed by atoms with Gasteiger partial charge in [0.05, 0.1) is 18.2 Å². The highest BCUT2D eigenvalue weighted by molar-refractivity contribution is 6.51. The van der Waals surface area contributed by atoms with E-state index in [2.05, 4.69) is 0 Å². The number of phenolic OH excluding ortho intramolecular Hbond substituents is 1. The molecule has 2 aliphatic rings. The number of aromatic hydroxyl groups is 1. The molecule has 2 heterocycles. The predicted octanol–water partition coefficient (Wildman–Crippen LogP) is 4.09. The first-order chi connectivity index (χ1) is 15.4. The third-order valence-electron chi connectivity index (χ3n) is 5.70. The van der Waals surface area contributed by atoms with Crippen molar-refractivity contribution in [3.63, 3.8) is 0 Å². The normalized spacial score (nSPS) is 19.2. The molecule has 32 heavy (non-hydrogen) atoms. The largest absolute Gasteiger partial charge is 0.508 e. The quantitative estimate of drug-likeness (QED) is 0.371. The highest BCUT2D eigenvalue weighted by atomic mass is 19.1. The molecule has 0 aliphatic carbocycles. The maximum Gasteiger partial charge on any atom is 0.300 e. The summed E-state index contributed by atoms with van der Waals surface area (Å²) in [6.07, 6.45) is 0.677. The van der Waals surface area contributed by atoms with Crippen molar-refractivity contribution in [3.8, 4) is 11.5 Å². The Morgan fingerprint density at radius 1 is 1.03 bits per heavy atom. The summed E-state index contributed by atoms with van der Waals surface area (Å²) in [6, 6.07) is 15.4. The Hall–Kier alpha value is -4.13. The molecule has 3 aromatic carbocycles. The Labute approximate surface area is 182 Å². The van der Waals surface area contributed by atoms with Crippen molar-refractivity contribution in [2.75, 3.05) is 11.5 Å². The van der Waals surface area contributed by atoms with Gasteiger partial charge in [-0.05, 0) is 65.7 Å². The number of hydrogen-bond donors (Lipinski definition) is 2. The highest BCUT2D eigenvalue weighted by Gasteiger charge is 2.47. The molecule has 0 saturated carbocycles. The summed E-state index contributed by atoms with van der Waals surface area (Å²) in [6.45, 7) is 0.539. The first-order valence-electron chi connectivity index (χ1n) is 10.1. The van der Waals surface area contributed by atoms with Crippen LogP contribution in [-0.4, -0.2) is 28.5 Å². The van der Waals surface area contributed by atoms with Gasteiger partial charge in [0.1, 0.15) is 23.1 Å². The van der Waals surface area contributed by atoms with E-state index < -0.39 is 23.5 Å². The van der Waals surface area contributed by atoms with E-state index in [1.165, 1.54) is 41.3 Å². The molecule has 1 unspecified atom stereocenters. The Bertz CT molecular complexity index is 1280. The molecular weight excluding hydrogens is 413 g/mol. The number of carbonyl (C=O) groups excluding carboxylic acids is 2. The Morgan fingerprint density at radius 3 is 2.56 bits per heavy atom. The zero-order chi connectivity index (χ0) is 22.4. The number of ketones is 1. The van der Waals surface area contributed by atoms with Crippen LogP contribution in [0.2, 0.25) is 0 Å². The number of benzene rings is 3. The lowest BCUT2D eigenvalue weighted by atomic mass is 9.94. The number of phenols is 1. The second-order valence-electron chi connectivity index (χ2n) is 7.66. The molecule has 1 atom stereocenters. The third kappa shape index (κ3) is 3.19. The maximum atomic E-state index is 13.5. The van der Waals surface area contributed by atoms with Gasteiger partial charge in [-0.3, -0.25) is 14.5 Å². The molecule has 160 valence electrons. The van der Waals surface area contributed by atoms with Gasteiger partial charge in [-0.1, -0.05) is 12.1 Å². The Kier molecular flexibility index (Phi) is 4.66. The Morgan fingerprint density at radius 2 is 1.81 bits per heavy atom. The van der Waals surface area contributed by atoms with Gasteiger partial charge in [0.15, 0.2) is 0 Å². The van der Waals surface area contributed by atoms with Crippen LogP contribution in [0.3, 0.4) is 0 Å². The molecule has 5 rings (SSSR count). The predicted molar refractivity (Wildman–Crippen MR) is 115 cm³/mol. The van der Waals surface area contributed by atoms with Gasteiger partial charge < -0.3 is 14.9 Å². The van der Waals surface area contributed by atoms with E-state index in [9.17, 15) is 24.2 Å². The number of rotatable bonds is 3. The lowest BCUT2D eigenvalue weighted by Gasteiger charge is -2.25. The van der Waals surface area contributed by atoms with E-state index in [4.69, 9.17) is 4.74 Å². The second kappa shape index (κ2) is 7.53. The van der Waals surface area contributed by atoms with Gasteiger partial charge in [0.25, 0.3) is 11.7 Å². The van der Waals surface area contributed by atoms with Crippen molar-refractivity contribution < 1.29 is 28.9 Å². The van der Waals surface area contributed by atoms with Gasteiger partial charge >= 0.3 is 0 Å². The van der Waals surface area contributed by atoms with Crippen LogP contribution in [0.4, 0.5) is 10.1 Å². The van der Waals surface area contributed by atoms with Crippen LogP contribution in [0.5, 0.6) is 11.5 Å². The van der Waals surface area contributed by atoms with Gasteiger partial charge in [-0.25, -0.2) is 4.39 Å². The van der Waals surface area contributed by atoms with E-state index in [-0.39, 0.29) is 17.1 Å². The minimum absolute atomic E-state index is 0.0538. The monoisotopic (exact) mass is 431 g/mol. The first kappa shape index (κ1) is 19.8. The molecule has 1 saturated heterocycles. The van der Waals surface area contributed by atoms with Crippen molar-refractivity contribution in [2.24, 2.45) is 0 Å². The van der Waals surface area contributed by atoms with Crippen molar-refractivity contribution in [1.82, 2.24) is 0 Å². The number of Topliss-reactive ketones (excluding diaryl/α,β-unsaturated/α-hetero) is 1. The minimum Gasteiger partial charge on any atom is -0.508 e. The molecular formula is C25H18FNO5. The number of aliphatic hydroxyl groups is 1. The second-order valence-corrected chi connectivity index (χ2v) is 7.66. The number of carbonyl (C=O) groups is 2. The number of ether oxygens (including phenoxy) is 1. The molecule has 2 N–H and O–H groups in total. The minimum atomic E-state index is -1.00. The SMILES string of the molecule is O=C1C(=O)N(c2ccc(F)cc2)C(c2cccc(O)c2)/C1=C(/O)c1ccc2c(c1)CCO2. The summed E-state index contributed by atoms with van der Waals surface area (Å²) in [5, 5.41) is 21.2. The van der Waals surface area contributed by atoms with Gasteiger partial charge in [-0.15, -0.1) is 0 Å². The molecule has 7 heteroatoms. The number of fused-ring (bicyclic) bond motifs is 1. The number of aliphatic hydroxyl groups excluding tert-OH is 1. The lowest BCUT2D eigenvalue weighted by molar-refractivity contribution is -0.132. The van der Waals surface area contributed by atoms with Gasteiger partial charge in [-0.2, -0.15) is 0 Å². The first-order valence-corrected chi connectivity index (χ1v) is 10.1. The molecule has 1 fully saturated rings. The zero-order valence-electron chi connectivity index (χ0n) is 16.8. The highest BCUT2D eigenvalue weighted by Crippen LogP contribution is 2.43. The summed E-state index contributed by atoms with van der Waals surface area (Å²) in [5.74, 6) is -1.86. The fourth-order valence-corrected chi connectivity index (χ4v) is 4.20.